The van der Waals surface area contributed by atoms with Crippen molar-refractivity contribution in [2.45, 2.75) is 12.8 Å². The second-order valence-electron chi connectivity index (χ2n) is 4.82. The molecular formula is C13H15FN2O3. The van der Waals surface area contributed by atoms with Crippen molar-refractivity contribution >= 4 is 11.9 Å². The summed E-state index contributed by atoms with van der Waals surface area (Å²) in [5.74, 6) is -1.36. The van der Waals surface area contributed by atoms with E-state index in [9.17, 15) is 14.0 Å². The van der Waals surface area contributed by atoms with Crippen molar-refractivity contribution in [1.29, 1.82) is 0 Å². The largest absolute Gasteiger partial charge is 0.481 e. The van der Waals surface area contributed by atoms with Gasteiger partial charge in [-0.2, -0.15) is 0 Å². The van der Waals surface area contributed by atoms with Crippen LogP contribution in [0.4, 0.5) is 4.39 Å². The van der Waals surface area contributed by atoms with Gasteiger partial charge in [0.05, 0.1) is 6.42 Å². The minimum atomic E-state index is -1.43. The fraction of sp³-hybridized carbons (Fsp3) is 0.462. The van der Waals surface area contributed by atoms with E-state index in [1.807, 2.05) is 0 Å². The van der Waals surface area contributed by atoms with Crippen LogP contribution in [0.25, 0.3) is 0 Å². The highest BCUT2D eigenvalue weighted by Gasteiger charge is 2.46. The van der Waals surface area contributed by atoms with Gasteiger partial charge in [0, 0.05) is 25.5 Å². The van der Waals surface area contributed by atoms with Crippen LogP contribution in [-0.2, 0) is 16.0 Å². The first-order chi connectivity index (χ1) is 9.07. The number of likely N-dealkylation sites (tertiary alicyclic amines) is 1. The molecule has 1 atom stereocenters. The number of rotatable bonds is 4. The predicted octanol–water partition coefficient (Wildman–Crippen LogP) is 0.897. The molecule has 0 aliphatic carbocycles. The maximum Gasteiger partial charge on any atom is 0.314 e. The molecule has 102 valence electrons. The van der Waals surface area contributed by atoms with Crippen LogP contribution >= 0.6 is 0 Å². The molecule has 0 radical (unpaired) electrons. The number of aromatic nitrogens is 1. The van der Waals surface area contributed by atoms with Gasteiger partial charge in [0.1, 0.15) is 12.1 Å². The zero-order chi connectivity index (χ0) is 13.9. The normalized spacial score (nSPS) is 22.5. The van der Waals surface area contributed by atoms with Gasteiger partial charge in [-0.1, -0.05) is 6.07 Å². The van der Waals surface area contributed by atoms with Gasteiger partial charge in [-0.3, -0.25) is 14.6 Å². The number of carbonyl (C=O) groups excluding carboxylic acids is 1. The number of aliphatic carboxylic acids is 1. The van der Waals surface area contributed by atoms with E-state index >= 15 is 0 Å². The third kappa shape index (κ3) is 2.72. The number of hydrogen-bond donors (Lipinski definition) is 1. The van der Waals surface area contributed by atoms with Crippen molar-refractivity contribution in [3.63, 3.8) is 0 Å². The average molecular weight is 266 g/mol. The summed E-state index contributed by atoms with van der Waals surface area (Å²) in [7, 11) is 0. The predicted molar refractivity (Wildman–Crippen MR) is 65.2 cm³/mol. The molecule has 0 aromatic carbocycles. The zero-order valence-corrected chi connectivity index (χ0v) is 10.4. The van der Waals surface area contributed by atoms with Crippen LogP contribution in [0.5, 0.6) is 0 Å². The molecule has 1 aromatic heterocycles. The number of carboxylic acids is 1. The number of hydrogen-bond acceptors (Lipinski definition) is 3. The SMILES string of the molecule is O=C(Cc1cccnc1)N1CCC(CF)(C(=O)O)C1. The molecule has 1 aliphatic heterocycles. The zero-order valence-electron chi connectivity index (χ0n) is 10.4. The molecule has 5 nitrogen and oxygen atoms in total. The molecule has 2 rings (SSSR count). The maximum absolute atomic E-state index is 12.9. The lowest BCUT2D eigenvalue weighted by molar-refractivity contribution is -0.149. The lowest BCUT2D eigenvalue weighted by Crippen LogP contribution is -2.39. The molecule has 1 saturated heterocycles. The number of carbonyl (C=O) groups is 2. The molecule has 0 spiro atoms. The minimum absolute atomic E-state index is 0.0576. The minimum Gasteiger partial charge on any atom is -0.481 e. The average Bonchev–Trinajstić information content (AvgIpc) is 2.86. The summed E-state index contributed by atoms with van der Waals surface area (Å²) in [5, 5.41) is 9.07. The van der Waals surface area contributed by atoms with Crippen LogP contribution in [0.3, 0.4) is 0 Å². The van der Waals surface area contributed by atoms with Gasteiger partial charge in [0.25, 0.3) is 0 Å². The number of alkyl halides is 1. The Kier molecular flexibility index (Phi) is 3.78. The van der Waals surface area contributed by atoms with Crippen molar-refractivity contribution in [3.05, 3.63) is 30.1 Å². The van der Waals surface area contributed by atoms with Crippen LogP contribution in [0.2, 0.25) is 0 Å². The monoisotopic (exact) mass is 266 g/mol. The van der Waals surface area contributed by atoms with E-state index < -0.39 is 18.1 Å². The topological polar surface area (TPSA) is 70.5 Å². The van der Waals surface area contributed by atoms with Gasteiger partial charge in [-0.15, -0.1) is 0 Å². The molecule has 1 aliphatic rings. The second kappa shape index (κ2) is 5.34. The van der Waals surface area contributed by atoms with Crippen LogP contribution in [-0.4, -0.2) is 46.6 Å². The Morgan fingerprint density at radius 2 is 2.32 bits per heavy atom. The molecule has 1 aromatic rings. The molecule has 19 heavy (non-hydrogen) atoms. The Morgan fingerprint density at radius 3 is 2.84 bits per heavy atom. The molecule has 1 amide bonds. The van der Waals surface area contributed by atoms with Crippen molar-refractivity contribution < 1.29 is 19.1 Å². The molecule has 1 N–H and O–H groups in total. The second-order valence-corrected chi connectivity index (χ2v) is 4.82. The summed E-state index contributed by atoms with van der Waals surface area (Å²) in [6, 6.07) is 3.51. The van der Waals surface area contributed by atoms with Gasteiger partial charge in [-0.25, -0.2) is 4.39 Å². The van der Waals surface area contributed by atoms with Gasteiger partial charge >= 0.3 is 5.97 Å². The molecule has 0 saturated carbocycles. The lowest BCUT2D eigenvalue weighted by atomic mass is 9.89. The summed E-state index contributed by atoms with van der Waals surface area (Å²) < 4.78 is 12.9. The first kappa shape index (κ1) is 13.5. The van der Waals surface area contributed by atoms with E-state index in [2.05, 4.69) is 4.98 Å². The van der Waals surface area contributed by atoms with Crippen LogP contribution in [0.15, 0.2) is 24.5 Å². The van der Waals surface area contributed by atoms with Crippen molar-refractivity contribution in [2.75, 3.05) is 19.8 Å². The fourth-order valence-electron chi connectivity index (χ4n) is 2.22. The van der Waals surface area contributed by atoms with Gasteiger partial charge in [0.2, 0.25) is 5.91 Å². The Labute approximate surface area is 110 Å². The molecule has 2 heterocycles. The first-order valence-corrected chi connectivity index (χ1v) is 6.03. The number of pyridine rings is 1. The fourth-order valence-corrected chi connectivity index (χ4v) is 2.22. The summed E-state index contributed by atoms with van der Waals surface area (Å²) in [6.07, 6.45) is 3.53. The Hall–Kier alpha value is -1.98. The number of amides is 1. The summed E-state index contributed by atoms with van der Waals surface area (Å²) in [5.41, 5.74) is -0.662. The van der Waals surface area contributed by atoms with E-state index in [1.165, 1.54) is 4.90 Å². The highest BCUT2D eigenvalue weighted by Crippen LogP contribution is 2.31. The Balaban J connectivity index is 2.01. The number of carboxylic acid groups (broad SMARTS) is 1. The maximum atomic E-state index is 12.9. The first-order valence-electron chi connectivity index (χ1n) is 6.03. The van der Waals surface area contributed by atoms with E-state index in [4.69, 9.17) is 5.11 Å². The third-order valence-electron chi connectivity index (χ3n) is 3.49. The highest BCUT2D eigenvalue weighted by atomic mass is 19.1. The van der Waals surface area contributed by atoms with E-state index in [1.54, 1.807) is 24.5 Å². The van der Waals surface area contributed by atoms with Crippen molar-refractivity contribution in [1.82, 2.24) is 9.88 Å². The van der Waals surface area contributed by atoms with Crippen LogP contribution < -0.4 is 0 Å². The molecule has 1 fully saturated rings. The van der Waals surface area contributed by atoms with E-state index in [0.29, 0.717) is 0 Å². The van der Waals surface area contributed by atoms with Crippen molar-refractivity contribution in [2.24, 2.45) is 5.41 Å². The summed E-state index contributed by atoms with van der Waals surface area (Å²) >= 11 is 0. The van der Waals surface area contributed by atoms with Gasteiger partial charge in [-0.05, 0) is 18.1 Å². The molecule has 6 heteroatoms. The lowest BCUT2D eigenvalue weighted by Gasteiger charge is -2.21. The van der Waals surface area contributed by atoms with E-state index in [-0.39, 0.29) is 31.8 Å². The molecular weight excluding hydrogens is 251 g/mol. The Morgan fingerprint density at radius 1 is 1.53 bits per heavy atom. The summed E-state index contributed by atoms with van der Waals surface area (Å²) in [6.45, 7) is -0.716. The quantitative estimate of drug-likeness (QED) is 0.879. The van der Waals surface area contributed by atoms with Crippen LogP contribution in [0, 0.1) is 5.41 Å². The van der Waals surface area contributed by atoms with E-state index in [0.717, 1.165) is 5.56 Å². The number of halogens is 1. The van der Waals surface area contributed by atoms with Gasteiger partial charge in [0.15, 0.2) is 0 Å². The smallest absolute Gasteiger partial charge is 0.314 e. The number of nitrogens with zero attached hydrogens (tertiary/aromatic N) is 2. The van der Waals surface area contributed by atoms with Crippen LogP contribution in [0.1, 0.15) is 12.0 Å². The summed E-state index contributed by atoms with van der Waals surface area (Å²) in [4.78, 5) is 28.4. The molecule has 0 bridgehead atoms. The highest BCUT2D eigenvalue weighted by molar-refractivity contribution is 5.82. The molecule has 1 unspecified atom stereocenters. The standard InChI is InChI=1S/C13H15FN2O3/c14-8-13(12(18)19)3-5-16(9-13)11(17)6-10-2-1-4-15-7-10/h1-2,4,7H,3,5-6,8-9H2,(H,18,19). The van der Waals surface area contributed by atoms with Gasteiger partial charge < -0.3 is 10.0 Å². The van der Waals surface area contributed by atoms with Crippen molar-refractivity contribution in [3.8, 4) is 0 Å². The third-order valence-corrected chi connectivity index (χ3v) is 3.49. The Bertz CT molecular complexity index is 480.